The molecule has 6 nitrogen and oxygen atoms in total. The molecule has 0 aliphatic carbocycles. The van der Waals surface area contributed by atoms with E-state index in [0.717, 1.165) is 37.4 Å². The third-order valence-corrected chi connectivity index (χ3v) is 4.27. The van der Waals surface area contributed by atoms with Crippen LogP contribution in [0.5, 0.6) is 0 Å². The Bertz CT molecular complexity index is 639. The van der Waals surface area contributed by atoms with E-state index in [1.54, 1.807) is 0 Å². The van der Waals surface area contributed by atoms with Crippen molar-refractivity contribution in [3.8, 4) is 0 Å². The van der Waals surface area contributed by atoms with E-state index >= 15 is 0 Å². The van der Waals surface area contributed by atoms with Gasteiger partial charge in [0.25, 0.3) is 0 Å². The van der Waals surface area contributed by atoms with Gasteiger partial charge in [0.05, 0.1) is 0 Å². The number of likely N-dealkylation sites (tertiary alicyclic amines) is 1. The summed E-state index contributed by atoms with van der Waals surface area (Å²) in [6, 6.07) is 5.45. The second-order valence-electron chi connectivity index (χ2n) is 5.58. The van der Waals surface area contributed by atoms with Crippen molar-refractivity contribution in [2.75, 3.05) is 13.1 Å². The molecule has 0 radical (unpaired) electrons. The Kier molecular flexibility index (Phi) is 3.88. The zero-order valence-corrected chi connectivity index (χ0v) is 12.1. The number of carbonyl (C=O) groups is 1. The second kappa shape index (κ2) is 5.81. The number of piperidine rings is 1. The Morgan fingerprint density at radius 1 is 1.48 bits per heavy atom. The fourth-order valence-corrected chi connectivity index (χ4v) is 3.23. The quantitative estimate of drug-likeness (QED) is 0.928. The molecule has 0 saturated carbocycles. The lowest BCUT2D eigenvalue weighted by molar-refractivity contribution is -0.144. The van der Waals surface area contributed by atoms with Crippen molar-refractivity contribution in [3.05, 3.63) is 30.2 Å². The standard InChI is InChI=1S/C15H20N4O2/c1-2-12(15(20)21)18-8-5-6-11(10-18)14-17-16-13-7-3-4-9-19(13)14/h3-4,7,9,11-12H,2,5-6,8,10H2,1H3,(H,20,21). The van der Waals surface area contributed by atoms with Crippen molar-refractivity contribution in [2.24, 2.45) is 0 Å². The fourth-order valence-electron chi connectivity index (χ4n) is 3.23. The maximum Gasteiger partial charge on any atom is 0.320 e. The predicted octanol–water partition coefficient (Wildman–Crippen LogP) is 1.77. The molecule has 2 aromatic heterocycles. The third kappa shape index (κ3) is 2.63. The Labute approximate surface area is 123 Å². The summed E-state index contributed by atoms with van der Waals surface area (Å²) in [5.41, 5.74) is 0.842. The molecule has 0 aromatic carbocycles. The van der Waals surface area contributed by atoms with Crippen LogP contribution in [0.2, 0.25) is 0 Å². The van der Waals surface area contributed by atoms with E-state index in [-0.39, 0.29) is 5.92 Å². The maximum absolute atomic E-state index is 11.4. The van der Waals surface area contributed by atoms with Crippen molar-refractivity contribution < 1.29 is 9.90 Å². The van der Waals surface area contributed by atoms with Crippen LogP contribution in [-0.2, 0) is 4.79 Å². The summed E-state index contributed by atoms with van der Waals surface area (Å²) in [5.74, 6) is 0.448. The summed E-state index contributed by atoms with van der Waals surface area (Å²) in [5, 5.41) is 17.9. The number of rotatable bonds is 4. The number of carboxylic acids is 1. The summed E-state index contributed by atoms with van der Waals surface area (Å²) in [7, 11) is 0. The van der Waals surface area contributed by atoms with Gasteiger partial charge in [0.1, 0.15) is 11.9 Å². The van der Waals surface area contributed by atoms with Crippen LogP contribution in [0.1, 0.15) is 37.9 Å². The summed E-state index contributed by atoms with van der Waals surface area (Å²) in [6.07, 6.45) is 4.62. The second-order valence-corrected chi connectivity index (χ2v) is 5.58. The van der Waals surface area contributed by atoms with Gasteiger partial charge < -0.3 is 5.11 Å². The van der Waals surface area contributed by atoms with Gasteiger partial charge in [-0.15, -0.1) is 10.2 Å². The lowest BCUT2D eigenvalue weighted by Gasteiger charge is -2.35. The summed E-state index contributed by atoms with van der Waals surface area (Å²) in [6.45, 7) is 3.51. The van der Waals surface area contributed by atoms with Gasteiger partial charge in [-0.3, -0.25) is 14.1 Å². The lowest BCUT2D eigenvalue weighted by Crippen LogP contribution is -2.46. The Hall–Kier alpha value is -1.95. The highest BCUT2D eigenvalue weighted by molar-refractivity contribution is 5.73. The van der Waals surface area contributed by atoms with Crippen molar-refractivity contribution in [1.29, 1.82) is 0 Å². The zero-order valence-electron chi connectivity index (χ0n) is 12.1. The number of aliphatic carboxylic acids is 1. The number of hydrogen-bond acceptors (Lipinski definition) is 4. The molecule has 0 bridgehead atoms. The first-order chi connectivity index (χ1) is 10.2. The topological polar surface area (TPSA) is 70.7 Å². The van der Waals surface area contributed by atoms with Crippen molar-refractivity contribution in [1.82, 2.24) is 19.5 Å². The molecule has 0 spiro atoms. The van der Waals surface area contributed by atoms with Crippen LogP contribution < -0.4 is 0 Å². The number of nitrogens with zero attached hydrogens (tertiary/aromatic N) is 4. The minimum Gasteiger partial charge on any atom is -0.480 e. The van der Waals surface area contributed by atoms with Gasteiger partial charge in [-0.2, -0.15) is 0 Å². The summed E-state index contributed by atoms with van der Waals surface area (Å²) in [4.78, 5) is 13.4. The monoisotopic (exact) mass is 288 g/mol. The van der Waals surface area contributed by atoms with E-state index in [1.807, 2.05) is 35.7 Å². The zero-order chi connectivity index (χ0) is 14.8. The molecule has 2 aromatic rings. The van der Waals surface area contributed by atoms with Crippen LogP contribution in [0.4, 0.5) is 0 Å². The van der Waals surface area contributed by atoms with Gasteiger partial charge in [0, 0.05) is 18.7 Å². The van der Waals surface area contributed by atoms with Gasteiger partial charge in [0.15, 0.2) is 5.65 Å². The van der Waals surface area contributed by atoms with E-state index < -0.39 is 12.0 Å². The van der Waals surface area contributed by atoms with Crippen LogP contribution in [-0.4, -0.2) is 49.7 Å². The molecule has 21 heavy (non-hydrogen) atoms. The smallest absolute Gasteiger partial charge is 0.320 e. The Morgan fingerprint density at radius 3 is 3.10 bits per heavy atom. The molecular weight excluding hydrogens is 268 g/mol. The van der Waals surface area contributed by atoms with Crippen LogP contribution >= 0.6 is 0 Å². The molecule has 1 saturated heterocycles. The first-order valence-corrected chi connectivity index (χ1v) is 7.47. The van der Waals surface area contributed by atoms with E-state index in [2.05, 4.69) is 15.1 Å². The van der Waals surface area contributed by atoms with E-state index in [4.69, 9.17) is 0 Å². The maximum atomic E-state index is 11.4. The van der Waals surface area contributed by atoms with Gasteiger partial charge in [0.2, 0.25) is 0 Å². The average Bonchev–Trinajstić information content (AvgIpc) is 2.92. The Morgan fingerprint density at radius 2 is 2.33 bits per heavy atom. The number of carboxylic acid groups (broad SMARTS) is 1. The van der Waals surface area contributed by atoms with Crippen molar-refractivity contribution >= 4 is 11.6 Å². The van der Waals surface area contributed by atoms with Crippen LogP contribution in [0.15, 0.2) is 24.4 Å². The number of pyridine rings is 1. The summed E-state index contributed by atoms with van der Waals surface area (Å²) >= 11 is 0. The molecule has 6 heteroatoms. The molecule has 2 atom stereocenters. The number of hydrogen-bond donors (Lipinski definition) is 1. The largest absolute Gasteiger partial charge is 0.480 e. The van der Waals surface area contributed by atoms with Gasteiger partial charge in [-0.05, 0) is 37.9 Å². The normalized spacial score (nSPS) is 21.5. The molecule has 112 valence electrons. The van der Waals surface area contributed by atoms with Crippen LogP contribution in [0, 0.1) is 0 Å². The number of fused-ring (bicyclic) bond motifs is 1. The first kappa shape index (κ1) is 14.0. The minimum atomic E-state index is -0.732. The van der Waals surface area contributed by atoms with Crippen LogP contribution in [0.25, 0.3) is 5.65 Å². The van der Waals surface area contributed by atoms with Gasteiger partial charge >= 0.3 is 5.97 Å². The van der Waals surface area contributed by atoms with Crippen LogP contribution in [0.3, 0.4) is 0 Å². The highest BCUT2D eigenvalue weighted by Gasteiger charge is 2.31. The molecule has 3 rings (SSSR count). The molecule has 2 unspecified atom stereocenters. The minimum absolute atomic E-state index is 0.240. The highest BCUT2D eigenvalue weighted by Crippen LogP contribution is 2.27. The molecule has 1 aliphatic heterocycles. The van der Waals surface area contributed by atoms with E-state index in [1.165, 1.54) is 0 Å². The predicted molar refractivity (Wildman–Crippen MR) is 78.2 cm³/mol. The average molecular weight is 288 g/mol. The van der Waals surface area contributed by atoms with Gasteiger partial charge in [-0.25, -0.2) is 0 Å². The van der Waals surface area contributed by atoms with Crippen molar-refractivity contribution in [2.45, 2.75) is 38.1 Å². The van der Waals surface area contributed by atoms with E-state index in [0.29, 0.717) is 6.42 Å². The first-order valence-electron chi connectivity index (χ1n) is 7.47. The number of aromatic nitrogens is 3. The SMILES string of the molecule is CCC(C(=O)O)N1CCCC(c2nnc3ccccn23)C1. The highest BCUT2D eigenvalue weighted by atomic mass is 16.4. The molecule has 1 aliphatic rings. The summed E-state index contributed by atoms with van der Waals surface area (Å²) < 4.78 is 2.01. The van der Waals surface area contributed by atoms with E-state index in [9.17, 15) is 9.90 Å². The lowest BCUT2D eigenvalue weighted by atomic mass is 9.95. The van der Waals surface area contributed by atoms with Gasteiger partial charge in [-0.1, -0.05) is 13.0 Å². The molecule has 1 N–H and O–H groups in total. The molecule has 3 heterocycles. The molecule has 0 amide bonds. The fraction of sp³-hybridized carbons (Fsp3) is 0.533. The third-order valence-electron chi connectivity index (χ3n) is 4.27. The molecular formula is C15H20N4O2. The van der Waals surface area contributed by atoms with Crippen molar-refractivity contribution in [3.63, 3.8) is 0 Å². The Balaban J connectivity index is 1.84. The molecule has 1 fully saturated rings.